The maximum atomic E-state index is 9.71. The molecular formula is C14H22N2O2S. The van der Waals surface area contributed by atoms with Gasteiger partial charge in [0.25, 0.3) is 0 Å². The zero-order valence-corrected chi connectivity index (χ0v) is 12.3. The van der Waals surface area contributed by atoms with E-state index in [1.54, 1.807) is 18.9 Å². The molecule has 3 N–H and O–H groups in total. The number of rotatable bonds is 6. The molecule has 1 heterocycles. The summed E-state index contributed by atoms with van der Waals surface area (Å²) in [5, 5.41) is 16.3. The first-order valence-electron chi connectivity index (χ1n) is 6.55. The van der Waals surface area contributed by atoms with Gasteiger partial charge in [-0.1, -0.05) is 6.07 Å². The van der Waals surface area contributed by atoms with Crippen molar-refractivity contribution in [1.29, 1.82) is 0 Å². The zero-order valence-electron chi connectivity index (χ0n) is 11.5. The molecule has 0 radical (unpaired) electrons. The van der Waals surface area contributed by atoms with E-state index >= 15 is 0 Å². The summed E-state index contributed by atoms with van der Waals surface area (Å²) in [6.07, 6.45) is 1.82. The average Bonchev–Trinajstić information content (AvgIpc) is 2.84. The number of aliphatic hydroxyl groups excluding tert-OH is 1. The van der Waals surface area contributed by atoms with E-state index < -0.39 is 0 Å². The van der Waals surface area contributed by atoms with Gasteiger partial charge in [0.15, 0.2) is 0 Å². The molecule has 1 saturated heterocycles. The lowest BCUT2D eigenvalue weighted by molar-refractivity contribution is 0.146. The van der Waals surface area contributed by atoms with Crippen LogP contribution in [0.25, 0.3) is 0 Å². The first kappa shape index (κ1) is 14.7. The van der Waals surface area contributed by atoms with Crippen molar-refractivity contribution < 1.29 is 9.84 Å². The van der Waals surface area contributed by atoms with Crippen LogP contribution < -0.4 is 15.4 Å². The maximum absolute atomic E-state index is 9.71. The predicted octanol–water partition coefficient (Wildman–Crippen LogP) is 1.09. The maximum Gasteiger partial charge on any atom is 0.132 e. The third-order valence-electron chi connectivity index (χ3n) is 3.49. The minimum Gasteiger partial charge on any atom is -0.496 e. The van der Waals surface area contributed by atoms with Gasteiger partial charge in [0.2, 0.25) is 0 Å². The van der Waals surface area contributed by atoms with E-state index in [4.69, 9.17) is 4.74 Å². The fraction of sp³-hybridized carbons (Fsp3) is 0.571. The molecule has 0 saturated carbocycles. The van der Waals surface area contributed by atoms with Crippen LogP contribution in [0.1, 0.15) is 5.56 Å². The van der Waals surface area contributed by atoms with Crippen LogP contribution in [0.15, 0.2) is 23.1 Å². The number of hydrogen-bond acceptors (Lipinski definition) is 5. The molecule has 1 aromatic carbocycles. The van der Waals surface area contributed by atoms with E-state index in [0.717, 1.165) is 30.3 Å². The third-order valence-corrected chi connectivity index (χ3v) is 4.26. The van der Waals surface area contributed by atoms with Crippen molar-refractivity contribution >= 4 is 11.8 Å². The van der Waals surface area contributed by atoms with Gasteiger partial charge in [-0.3, -0.25) is 0 Å². The van der Waals surface area contributed by atoms with Crippen molar-refractivity contribution in [2.24, 2.45) is 5.92 Å². The molecule has 1 aromatic rings. The van der Waals surface area contributed by atoms with Gasteiger partial charge >= 0.3 is 0 Å². The Kier molecular flexibility index (Phi) is 5.51. The van der Waals surface area contributed by atoms with Gasteiger partial charge in [-0.2, -0.15) is 0 Å². The fourth-order valence-corrected chi connectivity index (χ4v) is 2.87. The van der Waals surface area contributed by atoms with Gasteiger partial charge in [0.05, 0.1) is 13.2 Å². The second-order valence-corrected chi connectivity index (χ2v) is 5.65. The summed E-state index contributed by atoms with van der Waals surface area (Å²) in [6, 6.07) is 6.28. The highest BCUT2D eigenvalue weighted by Gasteiger charge is 2.23. The lowest BCUT2D eigenvalue weighted by Crippen LogP contribution is -2.30. The highest BCUT2D eigenvalue weighted by Crippen LogP contribution is 2.28. The number of nitrogens with one attached hydrogen (secondary N) is 2. The molecule has 0 aromatic heterocycles. The van der Waals surface area contributed by atoms with Crippen molar-refractivity contribution in [2.75, 3.05) is 33.0 Å². The van der Waals surface area contributed by atoms with Gasteiger partial charge in [0.1, 0.15) is 5.75 Å². The lowest BCUT2D eigenvalue weighted by Gasteiger charge is -2.15. The second kappa shape index (κ2) is 7.14. The summed E-state index contributed by atoms with van der Waals surface area (Å²) in [5.74, 6) is 1.24. The molecule has 2 unspecified atom stereocenters. The summed E-state index contributed by atoms with van der Waals surface area (Å²) >= 11 is 1.69. The lowest BCUT2D eigenvalue weighted by atomic mass is 10.1. The monoisotopic (exact) mass is 282 g/mol. The largest absolute Gasteiger partial charge is 0.496 e. The smallest absolute Gasteiger partial charge is 0.132 e. The predicted molar refractivity (Wildman–Crippen MR) is 78.8 cm³/mol. The van der Waals surface area contributed by atoms with Crippen molar-refractivity contribution in [1.82, 2.24) is 10.6 Å². The van der Waals surface area contributed by atoms with Crippen LogP contribution in [0.2, 0.25) is 0 Å². The summed E-state index contributed by atoms with van der Waals surface area (Å²) < 4.78 is 5.38. The molecule has 0 bridgehead atoms. The quantitative estimate of drug-likeness (QED) is 0.682. The van der Waals surface area contributed by atoms with E-state index in [-0.39, 0.29) is 6.10 Å². The first-order chi connectivity index (χ1) is 9.24. The Labute approximate surface area is 118 Å². The Morgan fingerprint density at radius 1 is 1.47 bits per heavy atom. The minimum atomic E-state index is -0.221. The third kappa shape index (κ3) is 3.86. The SMILES string of the molecule is COc1cc(CNCC2CNCC2O)ccc1SC. The van der Waals surface area contributed by atoms with Crippen LogP contribution in [0, 0.1) is 5.92 Å². The van der Waals surface area contributed by atoms with Crippen molar-refractivity contribution in [3.63, 3.8) is 0 Å². The Morgan fingerprint density at radius 2 is 2.32 bits per heavy atom. The standard InChI is InChI=1S/C14H22N2O2S/c1-18-13-5-10(3-4-14(13)19-2)6-15-7-11-8-16-9-12(11)17/h3-5,11-12,15-17H,6-9H2,1-2H3. The van der Waals surface area contributed by atoms with Gasteiger partial charge in [-0.05, 0) is 24.0 Å². The molecule has 106 valence electrons. The minimum absolute atomic E-state index is 0.221. The molecule has 2 rings (SSSR count). The first-order valence-corrected chi connectivity index (χ1v) is 7.77. The van der Waals surface area contributed by atoms with E-state index in [0.29, 0.717) is 12.5 Å². The number of thioether (sulfide) groups is 1. The normalized spacial score (nSPS) is 22.7. The summed E-state index contributed by atoms with van der Waals surface area (Å²) in [6.45, 7) is 3.24. The molecular weight excluding hydrogens is 260 g/mol. The van der Waals surface area contributed by atoms with Crippen LogP contribution in [0.3, 0.4) is 0 Å². The summed E-state index contributed by atoms with van der Waals surface area (Å²) in [4.78, 5) is 1.15. The van der Waals surface area contributed by atoms with Crippen molar-refractivity contribution in [3.8, 4) is 5.75 Å². The Bertz CT molecular complexity index is 414. The highest BCUT2D eigenvalue weighted by molar-refractivity contribution is 7.98. The molecule has 1 aliphatic rings. The van der Waals surface area contributed by atoms with E-state index in [2.05, 4.69) is 28.8 Å². The summed E-state index contributed by atoms with van der Waals surface area (Å²) in [7, 11) is 1.70. The molecule has 0 aliphatic carbocycles. The number of benzene rings is 1. The van der Waals surface area contributed by atoms with Crippen LogP contribution in [-0.2, 0) is 6.54 Å². The van der Waals surface area contributed by atoms with Crippen LogP contribution in [-0.4, -0.2) is 44.2 Å². The van der Waals surface area contributed by atoms with E-state index in [1.807, 2.05) is 6.26 Å². The average molecular weight is 282 g/mol. The Morgan fingerprint density at radius 3 is 2.95 bits per heavy atom. The topological polar surface area (TPSA) is 53.5 Å². The molecule has 1 aliphatic heterocycles. The van der Waals surface area contributed by atoms with Crippen molar-refractivity contribution in [3.05, 3.63) is 23.8 Å². The number of β-amino-alcohol motifs (C(OH)–C–C–N with tert-alkyl or cyclic N) is 1. The zero-order chi connectivity index (χ0) is 13.7. The second-order valence-electron chi connectivity index (χ2n) is 4.81. The van der Waals surface area contributed by atoms with Gasteiger partial charge < -0.3 is 20.5 Å². The highest BCUT2D eigenvalue weighted by atomic mass is 32.2. The van der Waals surface area contributed by atoms with E-state index in [1.165, 1.54) is 5.56 Å². The van der Waals surface area contributed by atoms with Crippen LogP contribution in [0.5, 0.6) is 5.75 Å². The molecule has 0 amide bonds. The number of ether oxygens (including phenoxy) is 1. The summed E-state index contributed by atoms with van der Waals surface area (Å²) in [5.41, 5.74) is 1.20. The molecule has 5 heteroatoms. The molecule has 19 heavy (non-hydrogen) atoms. The van der Waals surface area contributed by atoms with Crippen LogP contribution in [0.4, 0.5) is 0 Å². The number of aliphatic hydroxyl groups is 1. The fourth-order valence-electron chi connectivity index (χ4n) is 2.32. The Hall–Kier alpha value is -0.750. The van der Waals surface area contributed by atoms with E-state index in [9.17, 15) is 5.11 Å². The van der Waals surface area contributed by atoms with Gasteiger partial charge in [-0.25, -0.2) is 0 Å². The number of methoxy groups -OCH3 is 1. The molecule has 1 fully saturated rings. The van der Waals surface area contributed by atoms with Gasteiger partial charge in [0, 0.05) is 37.0 Å². The Balaban J connectivity index is 1.85. The van der Waals surface area contributed by atoms with Crippen molar-refractivity contribution in [2.45, 2.75) is 17.5 Å². The molecule has 0 spiro atoms. The number of hydrogen-bond donors (Lipinski definition) is 3. The molecule has 4 nitrogen and oxygen atoms in total. The van der Waals surface area contributed by atoms with Crippen LogP contribution >= 0.6 is 11.8 Å². The molecule has 2 atom stereocenters. The van der Waals surface area contributed by atoms with Gasteiger partial charge in [-0.15, -0.1) is 11.8 Å².